The lowest BCUT2D eigenvalue weighted by atomic mass is 9.89. The molecule has 8 heteroatoms. The molecule has 0 saturated carbocycles. The predicted octanol–water partition coefficient (Wildman–Crippen LogP) is 3.80. The molecule has 3 heterocycles. The van der Waals surface area contributed by atoms with Gasteiger partial charge in [0, 0.05) is 31.5 Å². The molecule has 2 aromatic carbocycles. The molecule has 0 radical (unpaired) electrons. The van der Waals surface area contributed by atoms with Gasteiger partial charge in [-0.05, 0) is 37.1 Å². The molecule has 0 N–H and O–H groups in total. The van der Waals surface area contributed by atoms with Crippen LogP contribution in [0.25, 0.3) is 0 Å². The molecule has 3 aliphatic rings. The number of amides is 2. The maximum absolute atomic E-state index is 14.3. The summed E-state index contributed by atoms with van der Waals surface area (Å²) in [4.78, 5) is 29.1. The van der Waals surface area contributed by atoms with Gasteiger partial charge in [-0.15, -0.1) is 0 Å². The number of rotatable bonds is 2. The first-order chi connectivity index (χ1) is 14.9. The Morgan fingerprint density at radius 1 is 1.00 bits per heavy atom. The average molecular weight is 430 g/mol. The largest absolute Gasteiger partial charge is 0.342 e. The van der Waals surface area contributed by atoms with Crippen molar-refractivity contribution >= 4 is 11.8 Å². The van der Waals surface area contributed by atoms with E-state index in [9.17, 15) is 22.8 Å². The summed E-state index contributed by atoms with van der Waals surface area (Å²) in [5.41, 5.74) is -0.908. The molecule has 1 spiro atoms. The number of likely N-dealkylation sites (tertiary alicyclic amines) is 1. The monoisotopic (exact) mass is 430 g/mol. The Bertz CT molecular complexity index is 1050. The van der Waals surface area contributed by atoms with Gasteiger partial charge in [-0.2, -0.15) is 0 Å². The Labute approximate surface area is 177 Å². The lowest BCUT2D eigenvalue weighted by Gasteiger charge is -2.37. The normalized spacial score (nSPS) is 24.7. The summed E-state index contributed by atoms with van der Waals surface area (Å²) < 4.78 is 48.0. The molecule has 2 amide bonds. The second-order valence-corrected chi connectivity index (χ2v) is 8.31. The topological polar surface area (TPSA) is 49.9 Å². The Morgan fingerprint density at radius 3 is 2.48 bits per heavy atom. The van der Waals surface area contributed by atoms with E-state index < -0.39 is 29.4 Å². The number of ether oxygens (including phenoxy) is 1. The van der Waals surface area contributed by atoms with Gasteiger partial charge in [-0.3, -0.25) is 9.59 Å². The fraction of sp³-hybridized carbons (Fsp3) is 0.391. The summed E-state index contributed by atoms with van der Waals surface area (Å²) >= 11 is 0. The zero-order valence-electron chi connectivity index (χ0n) is 16.7. The van der Waals surface area contributed by atoms with E-state index in [1.165, 1.54) is 11.0 Å². The van der Waals surface area contributed by atoms with Gasteiger partial charge in [-0.1, -0.05) is 18.2 Å². The number of nitrogens with zero attached hydrogens (tertiary/aromatic N) is 2. The van der Waals surface area contributed by atoms with Crippen LogP contribution in [-0.2, 0) is 9.53 Å². The predicted molar refractivity (Wildman–Crippen MR) is 104 cm³/mol. The van der Waals surface area contributed by atoms with Crippen molar-refractivity contribution in [2.24, 2.45) is 0 Å². The lowest BCUT2D eigenvalue weighted by Crippen LogP contribution is -2.51. The number of halogens is 3. The number of fused-ring (bicyclic) bond motifs is 1. The van der Waals surface area contributed by atoms with E-state index in [4.69, 9.17) is 4.74 Å². The Balaban J connectivity index is 1.32. The minimum absolute atomic E-state index is 0.186. The van der Waals surface area contributed by atoms with Crippen molar-refractivity contribution in [3.63, 3.8) is 0 Å². The van der Waals surface area contributed by atoms with Crippen LogP contribution in [0.4, 0.5) is 13.2 Å². The van der Waals surface area contributed by atoms with Crippen LogP contribution in [0.3, 0.4) is 0 Å². The van der Waals surface area contributed by atoms with Crippen molar-refractivity contribution in [3.05, 3.63) is 71.0 Å². The van der Waals surface area contributed by atoms with E-state index in [2.05, 4.69) is 0 Å². The van der Waals surface area contributed by atoms with Crippen molar-refractivity contribution in [2.45, 2.75) is 43.6 Å². The van der Waals surface area contributed by atoms with Crippen molar-refractivity contribution in [2.75, 3.05) is 13.1 Å². The number of carbonyl (C=O) groups excluding carboxylic acids is 2. The molecule has 0 unspecified atom stereocenters. The van der Waals surface area contributed by atoms with Gasteiger partial charge >= 0.3 is 0 Å². The number of benzene rings is 2. The summed E-state index contributed by atoms with van der Waals surface area (Å²) in [6, 6.07) is 8.83. The number of hydrogen-bond acceptors (Lipinski definition) is 3. The van der Waals surface area contributed by atoms with Crippen LogP contribution in [0.2, 0.25) is 0 Å². The third-order valence-electron chi connectivity index (χ3n) is 6.60. The molecule has 3 aliphatic heterocycles. The van der Waals surface area contributed by atoms with Crippen LogP contribution >= 0.6 is 0 Å². The molecule has 0 aliphatic carbocycles. The van der Waals surface area contributed by atoms with Gasteiger partial charge < -0.3 is 14.5 Å². The third-order valence-corrected chi connectivity index (χ3v) is 6.60. The highest BCUT2D eigenvalue weighted by molar-refractivity contribution is 5.95. The second-order valence-electron chi connectivity index (χ2n) is 8.31. The van der Waals surface area contributed by atoms with E-state index >= 15 is 0 Å². The van der Waals surface area contributed by atoms with Gasteiger partial charge in [0.15, 0.2) is 5.60 Å². The van der Waals surface area contributed by atoms with Gasteiger partial charge in [0.2, 0.25) is 0 Å². The first-order valence-corrected chi connectivity index (χ1v) is 10.4. The summed E-state index contributed by atoms with van der Waals surface area (Å²) in [6.45, 7) is 0.372. The third kappa shape index (κ3) is 3.20. The molecule has 0 aromatic heterocycles. The number of piperidine rings is 1. The quantitative estimate of drug-likeness (QED) is 0.728. The van der Waals surface area contributed by atoms with Crippen LogP contribution in [0.5, 0.6) is 0 Å². The fourth-order valence-corrected chi connectivity index (χ4v) is 5.00. The van der Waals surface area contributed by atoms with Crippen LogP contribution in [0, 0.1) is 17.5 Å². The number of hydrogen-bond donors (Lipinski definition) is 0. The van der Waals surface area contributed by atoms with Gasteiger partial charge in [0.1, 0.15) is 23.7 Å². The van der Waals surface area contributed by atoms with E-state index in [0.29, 0.717) is 18.4 Å². The highest BCUT2D eigenvalue weighted by atomic mass is 19.1. The smallest absolute Gasteiger partial charge is 0.257 e. The molecule has 5 nitrogen and oxygen atoms in total. The van der Waals surface area contributed by atoms with Crippen molar-refractivity contribution < 1.29 is 27.5 Å². The van der Waals surface area contributed by atoms with Gasteiger partial charge in [0.05, 0.1) is 11.6 Å². The highest BCUT2D eigenvalue weighted by Gasteiger charge is 2.58. The van der Waals surface area contributed by atoms with Crippen molar-refractivity contribution in [1.82, 2.24) is 9.80 Å². The van der Waals surface area contributed by atoms with Crippen molar-refractivity contribution in [3.8, 4) is 0 Å². The van der Waals surface area contributed by atoms with E-state index in [1.807, 2.05) is 0 Å². The zero-order valence-corrected chi connectivity index (χ0v) is 16.7. The number of carbonyl (C=O) groups is 2. The van der Waals surface area contributed by atoms with Crippen LogP contribution < -0.4 is 0 Å². The van der Waals surface area contributed by atoms with Crippen LogP contribution in [0.1, 0.15) is 47.6 Å². The summed E-state index contributed by atoms with van der Waals surface area (Å²) in [7, 11) is 0. The molecule has 5 rings (SSSR count). The SMILES string of the molecule is O=C(c1cc(F)ccc1F)N1CCC2(CC1)O[C@@H]1CC[C@@H](c3ccccc3F)N1C2=O. The van der Waals surface area contributed by atoms with Crippen LogP contribution in [0.15, 0.2) is 42.5 Å². The van der Waals surface area contributed by atoms with Crippen LogP contribution in [-0.4, -0.2) is 46.5 Å². The van der Waals surface area contributed by atoms with E-state index in [-0.39, 0.29) is 49.3 Å². The lowest BCUT2D eigenvalue weighted by molar-refractivity contribution is -0.142. The van der Waals surface area contributed by atoms with E-state index in [0.717, 1.165) is 18.2 Å². The minimum atomic E-state index is -1.06. The standard InChI is InChI=1S/C23H21F3N2O3/c24-14-5-6-18(26)16(13-14)21(29)27-11-9-23(10-12-27)22(30)28-19(7-8-20(28)31-23)15-3-1-2-4-17(15)25/h1-6,13,19-20H,7-12H2/t19-,20+/m0/s1. The zero-order chi connectivity index (χ0) is 21.8. The molecule has 2 aromatic rings. The molecule has 162 valence electrons. The minimum Gasteiger partial charge on any atom is -0.342 e. The van der Waals surface area contributed by atoms with Crippen molar-refractivity contribution in [1.29, 1.82) is 0 Å². The first kappa shape index (κ1) is 20.1. The Hall–Kier alpha value is -2.87. The Morgan fingerprint density at radius 2 is 1.74 bits per heavy atom. The average Bonchev–Trinajstić information content (AvgIpc) is 3.28. The molecule has 3 fully saturated rings. The Kier molecular flexibility index (Phi) is 4.77. The molecule has 2 atom stereocenters. The van der Waals surface area contributed by atoms with Gasteiger partial charge in [-0.25, -0.2) is 13.2 Å². The maximum Gasteiger partial charge on any atom is 0.257 e. The molecule has 31 heavy (non-hydrogen) atoms. The molecule has 0 bridgehead atoms. The molecular formula is C23H21F3N2O3. The first-order valence-electron chi connectivity index (χ1n) is 10.4. The summed E-state index contributed by atoms with van der Waals surface area (Å²) in [5.74, 6) is -2.62. The molecule has 3 saturated heterocycles. The summed E-state index contributed by atoms with van der Waals surface area (Å²) in [5, 5.41) is 0. The van der Waals surface area contributed by atoms with Gasteiger partial charge in [0.25, 0.3) is 11.8 Å². The molecular weight excluding hydrogens is 409 g/mol. The maximum atomic E-state index is 14.3. The summed E-state index contributed by atoms with van der Waals surface area (Å²) in [6.07, 6.45) is 1.33. The fourth-order valence-electron chi connectivity index (χ4n) is 5.00. The second kappa shape index (κ2) is 7.37. The highest BCUT2D eigenvalue weighted by Crippen LogP contribution is 2.48. The van der Waals surface area contributed by atoms with E-state index in [1.54, 1.807) is 23.1 Å².